The molecule has 0 aliphatic carbocycles. The van der Waals surface area contributed by atoms with Crippen molar-refractivity contribution < 1.29 is 22.5 Å². The normalized spacial score (nSPS) is 14.0. The number of hydrogen-bond donors (Lipinski definition) is 1. The molecule has 0 spiro atoms. The van der Waals surface area contributed by atoms with Crippen LogP contribution in [-0.2, 0) is 17.8 Å². The summed E-state index contributed by atoms with van der Waals surface area (Å²) in [5.41, 5.74) is 0.938. The molecule has 1 N–H and O–H groups in total. The molecule has 0 bridgehead atoms. The predicted molar refractivity (Wildman–Crippen MR) is 77.6 cm³/mol. The van der Waals surface area contributed by atoms with Crippen LogP contribution in [0, 0.1) is 0 Å². The number of nitrogens with one attached hydrogen (secondary N) is 1. The van der Waals surface area contributed by atoms with Crippen molar-refractivity contribution in [2.45, 2.75) is 38.1 Å². The first-order valence-corrected chi connectivity index (χ1v) is 7.67. The summed E-state index contributed by atoms with van der Waals surface area (Å²) in [5, 5.41) is 0. The van der Waals surface area contributed by atoms with Gasteiger partial charge in [-0.2, -0.15) is 13.2 Å². The highest BCUT2D eigenvalue weighted by Crippen LogP contribution is 2.19. The highest BCUT2D eigenvalue weighted by atomic mass is 32.2. The molecule has 1 aromatic rings. The molecule has 120 valence electrons. The lowest BCUT2D eigenvalue weighted by Gasteiger charge is -2.23. The smallest absolute Gasteiger partial charge is 0.422 e. The number of ether oxygens (including phenoxy) is 1. The van der Waals surface area contributed by atoms with Gasteiger partial charge in [0, 0.05) is 17.9 Å². The van der Waals surface area contributed by atoms with Crippen LogP contribution in [0.1, 0.15) is 26.3 Å². The topological polar surface area (TPSA) is 44.3 Å². The number of halogens is 3. The third-order valence-electron chi connectivity index (χ3n) is 2.53. The minimum Gasteiger partial charge on any atom is -0.598 e. The van der Waals surface area contributed by atoms with Crippen molar-refractivity contribution in [3.05, 3.63) is 29.8 Å². The van der Waals surface area contributed by atoms with E-state index in [-0.39, 0.29) is 10.5 Å². The van der Waals surface area contributed by atoms with Gasteiger partial charge in [0.25, 0.3) is 0 Å². The Kier molecular flexibility index (Phi) is 6.37. The van der Waals surface area contributed by atoms with Crippen molar-refractivity contribution in [3.8, 4) is 5.75 Å². The summed E-state index contributed by atoms with van der Waals surface area (Å²) < 4.78 is 55.0. The second-order valence-electron chi connectivity index (χ2n) is 5.57. The third-order valence-corrected chi connectivity index (χ3v) is 4.11. The standard InChI is InChI=1S/C14H20F3NO2S/c1-13(2,3)21(19)18-9-8-11-4-6-12(7-5-11)20-10-14(15,16)17/h4-7,18H,8-10H2,1-3H3. The molecule has 7 heteroatoms. The average Bonchev–Trinajstić information content (AvgIpc) is 2.35. The molecule has 0 aliphatic rings. The predicted octanol–water partition coefficient (Wildman–Crippen LogP) is 3.22. The molecule has 0 amide bonds. The molecular formula is C14H20F3NO2S. The van der Waals surface area contributed by atoms with E-state index >= 15 is 0 Å². The molecule has 0 fully saturated rings. The van der Waals surface area contributed by atoms with Crippen molar-refractivity contribution in [2.75, 3.05) is 13.2 Å². The molecule has 3 nitrogen and oxygen atoms in total. The Morgan fingerprint density at radius 2 is 1.71 bits per heavy atom. The first-order chi connectivity index (χ1) is 9.58. The summed E-state index contributed by atoms with van der Waals surface area (Å²) in [4.78, 5) is 0. The van der Waals surface area contributed by atoms with E-state index in [1.54, 1.807) is 12.1 Å². The number of hydrogen-bond acceptors (Lipinski definition) is 3. The van der Waals surface area contributed by atoms with E-state index in [1.165, 1.54) is 12.1 Å². The van der Waals surface area contributed by atoms with Gasteiger partial charge in [-0.3, -0.25) is 0 Å². The fourth-order valence-electron chi connectivity index (χ4n) is 1.42. The van der Waals surface area contributed by atoms with E-state index in [2.05, 4.69) is 9.46 Å². The van der Waals surface area contributed by atoms with Crippen LogP contribution in [0.4, 0.5) is 13.2 Å². The van der Waals surface area contributed by atoms with Crippen molar-refractivity contribution in [1.82, 2.24) is 4.72 Å². The maximum atomic E-state index is 12.0. The van der Waals surface area contributed by atoms with Crippen molar-refractivity contribution in [2.24, 2.45) is 0 Å². The molecule has 1 aromatic carbocycles. The van der Waals surface area contributed by atoms with Crippen LogP contribution in [0.3, 0.4) is 0 Å². The van der Waals surface area contributed by atoms with Gasteiger partial charge in [-0.05, 0) is 44.9 Å². The molecule has 0 saturated heterocycles. The fraction of sp³-hybridized carbons (Fsp3) is 0.571. The molecule has 0 radical (unpaired) electrons. The monoisotopic (exact) mass is 323 g/mol. The van der Waals surface area contributed by atoms with Crippen molar-refractivity contribution >= 4 is 11.4 Å². The summed E-state index contributed by atoms with van der Waals surface area (Å²) in [6.45, 7) is 4.87. The van der Waals surface area contributed by atoms with E-state index in [0.717, 1.165) is 5.56 Å². The van der Waals surface area contributed by atoms with Crippen LogP contribution in [-0.4, -0.2) is 28.6 Å². The molecule has 1 atom stereocenters. The molecule has 0 aliphatic heterocycles. The lowest BCUT2D eigenvalue weighted by atomic mass is 10.1. The second kappa shape index (κ2) is 7.38. The lowest BCUT2D eigenvalue weighted by Crippen LogP contribution is -2.40. The first kappa shape index (κ1) is 18.1. The quantitative estimate of drug-likeness (QED) is 0.818. The van der Waals surface area contributed by atoms with E-state index in [0.29, 0.717) is 13.0 Å². The molecule has 1 rings (SSSR count). The Morgan fingerprint density at radius 1 is 1.14 bits per heavy atom. The maximum absolute atomic E-state index is 12.0. The van der Waals surface area contributed by atoms with Gasteiger partial charge in [0.15, 0.2) is 6.61 Å². The second-order valence-corrected chi connectivity index (χ2v) is 7.62. The Hall–Kier alpha value is -0.920. The van der Waals surface area contributed by atoms with E-state index in [9.17, 15) is 17.7 Å². The molecule has 0 saturated carbocycles. The van der Waals surface area contributed by atoms with Gasteiger partial charge in [-0.1, -0.05) is 12.1 Å². The van der Waals surface area contributed by atoms with Gasteiger partial charge in [-0.25, -0.2) is 0 Å². The summed E-state index contributed by atoms with van der Waals surface area (Å²) in [6, 6.07) is 6.41. The van der Waals surface area contributed by atoms with Crippen LogP contribution < -0.4 is 9.46 Å². The fourth-order valence-corrected chi connectivity index (χ4v) is 2.14. The molecule has 0 heterocycles. The summed E-state index contributed by atoms with van der Waals surface area (Å²) >= 11 is -1.13. The van der Waals surface area contributed by atoms with E-state index < -0.39 is 24.1 Å². The zero-order valence-corrected chi connectivity index (χ0v) is 13.1. The Balaban J connectivity index is 2.38. The average molecular weight is 323 g/mol. The third kappa shape index (κ3) is 7.59. The van der Waals surface area contributed by atoms with Crippen LogP contribution in [0.15, 0.2) is 24.3 Å². The van der Waals surface area contributed by atoms with E-state index in [1.807, 2.05) is 20.8 Å². The lowest BCUT2D eigenvalue weighted by molar-refractivity contribution is -0.153. The van der Waals surface area contributed by atoms with Crippen LogP contribution in [0.25, 0.3) is 0 Å². The van der Waals surface area contributed by atoms with Crippen LogP contribution >= 0.6 is 0 Å². The van der Waals surface area contributed by atoms with E-state index in [4.69, 9.17) is 0 Å². The number of benzene rings is 1. The zero-order valence-electron chi connectivity index (χ0n) is 12.3. The highest BCUT2D eigenvalue weighted by molar-refractivity contribution is 7.90. The largest absolute Gasteiger partial charge is 0.598 e. The minimum atomic E-state index is -4.33. The minimum absolute atomic E-state index is 0.183. The Bertz CT molecular complexity index is 429. The SMILES string of the molecule is CC(C)(C)[S+]([O-])NCCc1ccc(OCC(F)(F)F)cc1. The first-order valence-electron chi connectivity index (χ1n) is 6.52. The molecule has 21 heavy (non-hydrogen) atoms. The maximum Gasteiger partial charge on any atom is 0.422 e. The summed E-state index contributed by atoms with van der Waals surface area (Å²) in [5.74, 6) is 0.183. The van der Waals surface area contributed by atoms with Crippen LogP contribution in [0.5, 0.6) is 5.75 Å². The number of rotatable bonds is 6. The molecule has 1 unspecified atom stereocenters. The van der Waals surface area contributed by atoms with Gasteiger partial charge >= 0.3 is 6.18 Å². The Labute approximate surface area is 126 Å². The number of alkyl halides is 3. The van der Waals surface area contributed by atoms with Crippen molar-refractivity contribution in [3.63, 3.8) is 0 Å². The molecule has 0 aromatic heterocycles. The highest BCUT2D eigenvalue weighted by Gasteiger charge is 2.28. The van der Waals surface area contributed by atoms with Gasteiger partial charge in [0.2, 0.25) is 0 Å². The van der Waals surface area contributed by atoms with Gasteiger partial charge in [-0.15, -0.1) is 4.72 Å². The van der Waals surface area contributed by atoms with Gasteiger partial charge < -0.3 is 9.29 Å². The van der Waals surface area contributed by atoms with Gasteiger partial charge in [0.05, 0.1) is 0 Å². The summed E-state index contributed by atoms with van der Waals surface area (Å²) in [7, 11) is 0. The molecular weight excluding hydrogens is 303 g/mol. The summed E-state index contributed by atoms with van der Waals surface area (Å²) in [6.07, 6.45) is -3.69. The zero-order chi connectivity index (χ0) is 16.1. The van der Waals surface area contributed by atoms with Crippen LogP contribution in [0.2, 0.25) is 0 Å². The van der Waals surface area contributed by atoms with Crippen molar-refractivity contribution in [1.29, 1.82) is 0 Å². The van der Waals surface area contributed by atoms with Gasteiger partial charge in [0.1, 0.15) is 10.5 Å². The Morgan fingerprint density at radius 3 is 2.19 bits per heavy atom.